The Bertz CT molecular complexity index is 786. The Morgan fingerprint density at radius 3 is 2.43 bits per heavy atom. The van der Waals surface area contributed by atoms with Gasteiger partial charge in [0.25, 0.3) is 0 Å². The number of guanidine groups is 1. The monoisotopic (exact) mass is 522 g/mol. The zero-order valence-electron chi connectivity index (χ0n) is 18.4. The average molecular weight is 522 g/mol. The molecule has 6 heteroatoms. The van der Waals surface area contributed by atoms with Gasteiger partial charge in [0.15, 0.2) is 5.96 Å². The Morgan fingerprint density at radius 2 is 1.77 bits per heavy atom. The minimum Gasteiger partial charge on any atom is -0.496 e. The van der Waals surface area contributed by atoms with Crippen LogP contribution < -0.4 is 15.4 Å². The molecule has 30 heavy (non-hydrogen) atoms. The molecule has 5 nitrogen and oxygen atoms in total. The van der Waals surface area contributed by atoms with E-state index in [1.54, 1.807) is 7.11 Å². The van der Waals surface area contributed by atoms with Gasteiger partial charge in [0.2, 0.25) is 0 Å². The topological polar surface area (TPSA) is 48.9 Å². The summed E-state index contributed by atoms with van der Waals surface area (Å²) in [6.07, 6.45) is 2.45. The summed E-state index contributed by atoms with van der Waals surface area (Å²) in [6.45, 7) is 7.17. The Kier molecular flexibility index (Phi) is 10.4. The molecule has 0 atom stereocenters. The zero-order chi connectivity index (χ0) is 20.5. The van der Waals surface area contributed by atoms with Gasteiger partial charge < -0.3 is 15.4 Å². The maximum atomic E-state index is 5.42. The third-order valence-corrected chi connectivity index (χ3v) is 5.65. The number of likely N-dealkylation sites (tertiary alicyclic amines) is 1. The van der Waals surface area contributed by atoms with E-state index in [0.717, 1.165) is 43.5 Å². The molecule has 0 bridgehead atoms. The number of para-hydroxylation sites is 1. The van der Waals surface area contributed by atoms with E-state index in [4.69, 9.17) is 4.74 Å². The highest BCUT2D eigenvalue weighted by Gasteiger charge is 2.19. The lowest BCUT2D eigenvalue weighted by Gasteiger charge is -2.32. The van der Waals surface area contributed by atoms with Crippen molar-refractivity contribution in [1.29, 1.82) is 0 Å². The lowest BCUT2D eigenvalue weighted by Crippen LogP contribution is -2.42. The number of nitrogens with one attached hydrogen (secondary N) is 2. The smallest absolute Gasteiger partial charge is 0.191 e. The molecule has 1 fully saturated rings. The summed E-state index contributed by atoms with van der Waals surface area (Å²) in [6, 6.07) is 17.0. The van der Waals surface area contributed by atoms with Gasteiger partial charge in [-0.3, -0.25) is 9.89 Å². The summed E-state index contributed by atoms with van der Waals surface area (Å²) in [5, 5.41) is 6.89. The van der Waals surface area contributed by atoms with E-state index in [1.165, 1.54) is 24.0 Å². The van der Waals surface area contributed by atoms with Crippen LogP contribution in [0, 0.1) is 12.8 Å². The molecule has 2 N–H and O–H groups in total. The van der Waals surface area contributed by atoms with Crippen molar-refractivity contribution < 1.29 is 4.74 Å². The normalized spacial score (nSPS) is 15.4. The predicted octanol–water partition coefficient (Wildman–Crippen LogP) is 4.20. The lowest BCUT2D eigenvalue weighted by atomic mass is 9.96. The van der Waals surface area contributed by atoms with Crippen molar-refractivity contribution >= 4 is 29.9 Å². The molecule has 1 aliphatic heterocycles. The summed E-state index contributed by atoms with van der Waals surface area (Å²) >= 11 is 0. The van der Waals surface area contributed by atoms with E-state index in [1.807, 2.05) is 25.2 Å². The number of halogens is 1. The average Bonchev–Trinajstić information content (AvgIpc) is 2.76. The van der Waals surface area contributed by atoms with Crippen molar-refractivity contribution in [2.75, 3.05) is 33.8 Å². The van der Waals surface area contributed by atoms with Crippen molar-refractivity contribution in [3.8, 4) is 5.75 Å². The van der Waals surface area contributed by atoms with Gasteiger partial charge >= 0.3 is 0 Å². The standard InChI is InChI=1S/C24H34N4O.HI/c1-19-8-10-21(11-9-19)18-28-14-12-20(13-15-28)16-26-24(25-2)27-17-22-6-4-5-7-23(22)29-3;/h4-11,20H,12-18H2,1-3H3,(H2,25,26,27);1H. The lowest BCUT2D eigenvalue weighted by molar-refractivity contribution is 0.178. The van der Waals surface area contributed by atoms with E-state index < -0.39 is 0 Å². The molecule has 2 aromatic carbocycles. The molecular weight excluding hydrogens is 487 g/mol. The Morgan fingerprint density at radius 1 is 1.07 bits per heavy atom. The molecule has 164 valence electrons. The number of ether oxygens (including phenoxy) is 1. The maximum Gasteiger partial charge on any atom is 0.191 e. The second kappa shape index (κ2) is 12.8. The van der Waals surface area contributed by atoms with E-state index in [-0.39, 0.29) is 24.0 Å². The number of aryl methyl sites for hydroxylation is 1. The Hall–Kier alpha value is -1.80. The van der Waals surface area contributed by atoms with Gasteiger partial charge in [0.1, 0.15) is 5.75 Å². The molecule has 1 heterocycles. The van der Waals surface area contributed by atoms with Crippen molar-refractivity contribution in [3.63, 3.8) is 0 Å². The van der Waals surface area contributed by atoms with Gasteiger partial charge in [-0.25, -0.2) is 0 Å². The maximum absolute atomic E-state index is 5.42. The van der Waals surface area contributed by atoms with Gasteiger partial charge in [0, 0.05) is 32.2 Å². The summed E-state index contributed by atoms with van der Waals surface area (Å²) in [4.78, 5) is 6.93. The fourth-order valence-electron chi connectivity index (χ4n) is 3.79. The second-order valence-corrected chi connectivity index (χ2v) is 7.82. The third-order valence-electron chi connectivity index (χ3n) is 5.65. The summed E-state index contributed by atoms with van der Waals surface area (Å²) in [7, 11) is 3.53. The minimum atomic E-state index is 0. The number of methoxy groups -OCH3 is 1. The zero-order valence-corrected chi connectivity index (χ0v) is 20.7. The third kappa shape index (κ3) is 7.47. The van der Waals surface area contributed by atoms with Crippen LogP contribution in [0.15, 0.2) is 53.5 Å². The van der Waals surface area contributed by atoms with Crippen LogP contribution in [0.3, 0.4) is 0 Å². The molecule has 0 spiro atoms. The van der Waals surface area contributed by atoms with Crippen LogP contribution in [-0.2, 0) is 13.1 Å². The van der Waals surface area contributed by atoms with Crippen LogP contribution in [0.4, 0.5) is 0 Å². The van der Waals surface area contributed by atoms with Crippen molar-refractivity contribution in [2.45, 2.75) is 32.9 Å². The minimum absolute atomic E-state index is 0. The van der Waals surface area contributed by atoms with Crippen LogP contribution >= 0.6 is 24.0 Å². The van der Waals surface area contributed by atoms with Gasteiger partial charge in [-0.1, -0.05) is 48.0 Å². The highest BCUT2D eigenvalue weighted by atomic mass is 127. The molecule has 0 saturated carbocycles. The molecule has 0 radical (unpaired) electrons. The quantitative estimate of drug-likeness (QED) is 0.325. The number of rotatable bonds is 7. The number of hydrogen-bond donors (Lipinski definition) is 2. The molecule has 3 rings (SSSR count). The number of aliphatic imine (C=N–C) groups is 1. The fraction of sp³-hybridized carbons (Fsp3) is 0.458. The van der Waals surface area contributed by atoms with Crippen LogP contribution in [0.25, 0.3) is 0 Å². The molecule has 2 aromatic rings. The van der Waals surface area contributed by atoms with E-state index in [2.05, 4.69) is 57.8 Å². The van der Waals surface area contributed by atoms with Crippen LogP contribution in [0.1, 0.15) is 29.5 Å². The van der Waals surface area contributed by atoms with Crippen LogP contribution in [0.5, 0.6) is 5.75 Å². The summed E-state index contributed by atoms with van der Waals surface area (Å²) in [5.41, 5.74) is 3.86. The molecule has 0 aromatic heterocycles. The number of hydrogen-bond acceptors (Lipinski definition) is 3. The van der Waals surface area contributed by atoms with E-state index in [9.17, 15) is 0 Å². The van der Waals surface area contributed by atoms with Gasteiger partial charge in [-0.15, -0.1) is 24.0 Å². The molecule has 0 aliphatic carbocycles. The molecule has 1 saturated heterocycles. The van der Waals surface area contributed by atoms with Crippen LogP contribution in [0.2, 0.25) is 0 Å². The first-order chi connectivity index (χ1) is 14.2. The number of benzene rings is 2. The highest BCUT2D eigenvalue weighted by molar-refractivity contribution is 14.0. The predicted molar refractivity (Wildman–Crippen MR) is 136 cm³/mol. The second-order valence-electron chi connectivity index (χ2n) is 7.82. The highest BCUT2D eigenvalue weighted by Crippen LogP contribution is 2.19. The van der Waals surface area contributed by atoms with Crippen LogP contribution in [-0.4, -0.2) is 44.7 Å². The van der Waals surface area contributed by atoms with Crippen molar-refractivity contribution in [2.24, 2.45) is 10.9 Å². The number of piperidine rings is 1. The van der Waals surface area contributed by atoms with Gasteiger partial charge in [-0.2, -0.15) is 0 Å². The first-order valence-electron chi connectivity index (χ1n) is 10.5. The first kappa shape index (κ1) is 24.5. The molecule has 0 amide bonds. The van der Waals surface area contributed by atoms with Crippen molar-refractivity contribution in [3.05, 3.63) is 65.2 Å². The van der Waals surface area contributed by atoms with Gasteiger partial charge in [0.05, 0.1) is 7.11 Å². The molecule has 1 aliphatic rings. The van der Waals surface area contributed by atoms with E-state index in [0.29, 0.717) is 12.5 Å². The molecular formula is C24H35IN4O. The fourth-order valence-corrected chi connectivity index (χ4v) is 3.79. The molecule has 0 unspecified atom stereocenters. The number of nitrogens with zero attached hydrogens (tertiary/aromatic N) is 2. The summed E-state index contributed by atoms with van der Waals surface area (Å²) < 4.78 is 5.42. The Balaban J connectivity index is 0.00000320. The SMILES string of the molecule is CN=C(NCc1ccccc1OC)NCC1CCN(Cc2ccc(C)cc2)CC1.I. The van der Waals surface area contributed by atoms with E-state index >= 15 is 0 Å². The Labute approximate surface area is 198 Å². The summed E-state index contributed by atoms with van der Waals surface area (Å²) in [5.74, 6) is 2.43. The largest absolute Gasteiger partial charge is 0.496 e. The van der Waals surface area contributed by atoms with Crippen molar-refractivity contribution in [1.82, 2.24) is 15.5 Å². The first-order valence-corrected chi connectivity index (χ1v) is 10.5. The van der Waals surface area contributed by atoms with Gasteiger partial charge in [-0.05, 0) is 50.4 Å².